The van der Waals surface area contributed by atoms with Gasteiger partial charge in [0.1, 0.15) is 5.58 Å². The van der Waals surface area contributed by atoms with Gasteiger partial charge >= 0.3 is 0 Å². The highest BCUT2D eigenvalue weighted by Gasteiger charge is 2.20. The van der Waals surface area contributed by atoms with Gasteiger partial charge in [-0.2, -0.15) is 0 Å². The fraction of sp³-hybridized carbons (Fsp3) is 0.0833. The van der Waals surface area contributed by atoms with Gasteiger partial charge in [-0.25, -0.2) is 0 Å². The van der Waals surface area contributed by atoms with Crippen LogP contribution in [0.2, 0.25) is 5.02 Å². The zero-order valence-corrected chi connectivity index (χ0v) is 16.4. The summed E-state index contributed by atoms with van der Waals surface area (Å²) in [6, 6.07) is 21.1. The minimum atomic E-state index is -0.349. The van der Waals surface area contributed by atoms with Crippen LogP contribution in [0, 0.1) is 6.92 Å². The predicted molar refractivity (Wildman–Crippen MR) is 114 cm³/mol. The van der Waals surface area contributed by atoms with Gasteiger partial charge < -0.3 is 9.15 Å². The summed E-state index contributed by atoms with van der Waals surface area (Å²) in [6.45, 7) is 1.66. The number of halogens is 1. The van der Waals surface area contributed by atoms with Gasteiger partial charge in [0.15, 0.2) is 18.2 Å². The smallest absolute Gasteiger partial charge is 0.235 e. The molecular weight excluding hydrogens is 388 g/mol. The van der Waals surface area contributed by atoms with Crippen molar-refractivity contribution in [3.8, 4) is 17.1 Å². The molecule has 0 saturated carbocycles. The van der Waals surface area contributed by atoms with Crippen LogP contribution in [-0.2, 0) is 0 Å². The van der Waals surface area contributed by atoms with E-state index in [1.807, 2.05) is 19.1 Å². The molecule has 4 aromatic rings. The van der Waals surface area contributed by atoms with Gasteiger partial charge in [-0.3, -0.25) is 9.59 Å². The van der Waals surface area contributed by atoms with Crippen molar-refractivity contribution >= 4 is 28.4 Å². The summed E-state index contributed by atoms with van der Waals surface area (Å²) >= 11 is 6.32. The predicted octanol–water partition coefficient (Wildman–Crippen LogP) is 5.68. The zero-order chi connectivity index (χ0) is 20.4. The minimum absolute atomic E-state index is 0.0303. The van der Waals surface area contributed by atoms with Gasteiger partial charge in [0.05, 0.1) is 10.4 Å². The summed E-state index contributed by atoms with van der Waals surface area (Å²) in [7, 11) is 0. The van der Waals surface area contributed by atoms with E-state index >= 15 is 0 Å². The molecule has 0 bridgehead atoms. The first-order valence-electron chi connectivity index (χ1n) is 9.08. The van der Waals surface area contributed by atoms with Gasteiger partial charge in [0, 0.05) is 11.1 Å². The van der Waals surface area contributed by atoms with E-state index in [9.17, 15) is 9.59 Å². The second-order valence-corrected chi connectivity index (χ2v) is 7.05. The Labute approximate surface area is 172 Å². The highest BCUT2D eigenvalue weighted by molar-refractivity contribution is 6.33. The standard InChI is InChI=1S/C24H17ClO4/c1-15-10-12-16(13-11-15)20(26)14-28-24-22(27)18-7-3-5-9-21(18)29-23(24)17-6-2-4-8-19(17)25/h2-13H,14H2,1H3. The number of hydrogen-bond acceptors (Lipinski definition) is 4. The van der Waals surface area contributed by atoms with E-state index in [4.69, 9.17) is 20.8 Å². The molecule has 0 spiro atoms. The third-order valence-corrected chi connectivity index (χ3v) is 4.93. The van der Waals surface area contributed by atoms with Crippen molar-refractivity contribution in [3.05, 3.63) is 99.2 Å². The molecule has 0 aliphatic heterocycles. The molecule has 1 aromatic heterocycles. The number of carbonyl (C=O) groups excluding carboxylic acids is 1. The monoisotopic (exact) mass is 404 g/mol. The topological polar surface area (TPSA) is 56.5 Å². The van der Waals surface area contributed by atoms with Crippen LogP contribution in [0.15, 0.2) is 82.0 Å². The Kier molecular flexibility index (Phi) is 5.19. The van der Waals surface area contributed by atoms with Crippen LogP contribution in [-0.4, -0.2) is 12.4 Å². The van der Waals surface area contributed by atoms with Gasteiger partial charge in [0.25, 0.3) is 0 Å². The first kappa shape index (κ1) is 19.0. The van der Waals surface area contributed by atoms with Gasteiger partial charge in [-0.15, -0.1) is 0 Å². The third kappa shape index (κ3) is 3.80. The Hall–Kier alpha value is -3.37. The molecule has 4 nitrogen and oxygen atoms in total. The number of Topliss-reactive ketones (excluding diaryl/α,β-unsaturated/α-hetero) is 1. The van der Waals surface area contributed by atoms with Crippen LogP contribution in [0.3, 0.4) is 0 Å². The quantitative estimate of drug-likeness (QED) is 0.401. The summed E-state index contributed by atoms with van der Waals surface area (Å²) in [6.07, 6.45) is 0. The van der Waals surface area contributed by atoms with E-state index in [0.29, 0.717) is 27.1 Å². The Bertz CT molecular complexity index is 1260. The molecule has 4 rings (SSSR count). The number of para-hydroxylation sites is 1. The number of ketones is 1. The summed E-state index contributed by atoms with van der Waals surface area (Å²) < 4.78 is 11.7. The van der Waals surface area contributed by atoms with Gasteiger partial charge in [-0.05, 0) is 31.2 Å². The van der Waals surface area contributed by atoms with Crippen molar-refractivity contribution in [3.63, 3.8) is 0 Å². The first-order chi connectivity index (χ1) is 14.0. The summed E-state index contributed by atoms with van der Waals surface area (Å²) in [5, 5.41) is 0.793. The number of fused-ring (bicyclic) bond motifs is 1. The number of ether oxygens (including phenoxy) is 1. The van der Waals surface area contributed by atoms with E-state index in [1.54, 1.807) is 60.7 Å². The lowest BCUT2D eigenvalue weighted by Gasteiger charge is -2.12. The van der Waals surface area contributed by atoms with Crippen LogP contribution in [0.5, 0.6) is 5.75 Å². The first-order valence-corrected chi connectivity index (χ1v) is 9.46. The highest BCUT2D eigenvalue weighted by Crippen LogP contribution is 2.35. The van der Waals surface area contributed by atoms with Crippen LogP contribution in [0.4, 0.5) is 0 Å². The number of hydrogen-bond donors (Lipinski definition) is 0. The van der Waals surface area contributed by atoms with Crippen LogP contribution in [0.1, 0.15) is 15.9 Å². The molecule has 0 saturated heterocycles. The van der Waals surface area contributed by atoms with Crippen molar-refractivity contribution in [2.45, 2.75) is 6.92 Å². The lowest BCUT2D eigenvalue weighted by atomic mass is 10.1. The molecule has 0 unspecified atom stereocenters. The summed E-state index contributed by atoms with van der Waals surface area (Å²) in [4.78, 5) is 25.6. The largest absolute Gasteiger partial charge is 0.478 e. The number of aryl methyl sites for hydroxylation is 1. The second-order valence-electron chi connectivity index (χ2n) is 6.64. The van der Waals surface area contributed by atoms with Crippen molar-refractivity contribution in [2.75, 3.05) is 6.61 Å². The third-order valence-electron chi connectivity index (χ3n) is 4.60. The Balaban J connectivity index is 1.78. The van der Waals surface area contributed by atoms with E-state index in [1.165, 1.54) is 0 Å². The molecule has 0 radical (unpaired) electrons. The molecule has 0 fully saturated rings. The van der Waals surface area contributed by atoms with E-state index in [2.05, 4.69) is 0 Å². The Morgan fingerprint density at radius 2 is 1.66 bits per heavy atom. The highest BCUT2D eigenvalue weighted by atomic mass is 35.5. The minimum Gasteiger partial charge on any atom is -0.478 e. The molecule has 0 aliphatic rings. The fourth-order valence-corrected chi connectivity index (χ4v) is 3.26. The van der Waals surface area contributed by atoms with Crippen LogP contribution >= 0.6 is 11.6 Å². The average Bonchev–Trinajstić information content (AvgIpc) is 2.74. The van der Waals surface area contributed by atoms with Crippen molar-refractivity contribution in [2.24, 2.45) is 0 Å². The lowest BCUT2D eigenvalue weighted by Crippen LogP contribution is -2.17. The van der Waals surface area contributed by atoms with E-state index in [0.717, 1.165) is 5.56 Å². The van der Waals surface area contributed by atoms with Crippen molar-refractivity contribution in [1.29, 1.82) is 0 Å². The van der Waals surface area contributed by atoms with Crippen molar-refractivity contribution < 1.29 is 13.9 Å². The maximum Gasteiger partial charge on any atom is 0.235 e. The van der Waals surface area contributed by atoms with Crippen LogP contribution in [0.25, 0.3) is 22.3 Å². The van der Waals surface area contributed by atoms with Crippen molar-refractivity contribution in [1.82, 2.24) is 0 Å². The molecule has 3 aromatic carbocycles. The Morgan fingerprint density at radius 1 is 0.966 bits per heavy atom. The maximum atomic E-state index is 13.1. The SMILES string of the molecule is Cc1ccc(C(=O)COc2c(-c3ccccc3Cl)oc3ccccc3c2=O)cc1. The summed E-state index contributed by atoms with van der Waals surface area (Å²) in [5.74, 6) is -0.0593. The number of carbonyl (C=O) groups is 1. The summed E-state index contributed by atoms with van der Waals surface area (Å²) in [5.41, 5.74) is 2.16. The second kappa shape index (κ2) is 7.94. The normalized spacial score (nSPS) is 10.8. The maximum absolute atomic E-state index is 13.1. The molecule has 5 heteroatoms. The molecule has 0 amide bonds. The molecule has 144 valence electrons. The van der Waals surface area contributed by atoms with Gasteiger partial charge in [-0.1, -0.05) is 65.7 Å². The lowest BCUT2D eigenvalue weighted by molar-refractivity contribution is 0.0920. The van der Waals surface area contributed by atoms with E-state index < -0.39 is 0 Å². The van der Waals surface area contributed by atoms with Gasteiger partial charge in [0.2, 0.25) is 11.2 Å². The van der Waals surface area contributed by atoms with Crippen LogP contribution < -0.4 is 10.2 Å². The molecular formula is C24H17ClO4. The molecule has 0 aliphatic carbocycles. The Morgan fingerprint density at radius 3 is 2.41 bits per heavy atom. The molecule has 0 atom stereocenters. The van der Waals surface area contributed by atoms with E-state index in [-0.39, 0.29) is 29.3 Å². The molecule has 29 heavy (non-hydrogen) atoms. The molecule has 1 heterocycles. The zero-order valence-electron chi connectivity index (χ0n) is 15.6. The molecule has 0 N–H and O–H groups in total. The number of benzene rings is 3. The number of rotatable bonds is 5. The average molecular weight is 405 g/mol. The fourth-order valence-electron chi connectivity index (χ4n) is 3.04.